The van der Waals surface area contributed by atoms with Gasteiger partial charge in [-0.1, -0.05) is 60.7 Å². The van der Waals surface area contributed by atoms with Gasteiger partial charge in [0, 0.05) is 18.7 Å². The molecule has 0 radical (unpaired) electrons. The van der Waals surface area contributed by atoms with E-state index in [4.69, 9.17) is 0 Å². The molecule has 0 N–H and O–H groups in total. The van der Waals surface area contributed by atoms with Crippen molar-refractivity contribution < 1.29 is 31.1 Å². The first-order valence-electron chi connectivity index (χ1n) is 10.9. The van der Waals surface area contributed by atoms with Crippen molar-refractivity contribution in [2.24, 2.45) is 0 Å². The number of ketones is 1. The number of hydrogen-bond acceptors (Lipinski definition) is 2. The van der Waals surface area contributed by atoms with Gasteiger partial charge in [-0.25, -0.2) is 0 Å². The molecule has 3 aromatic carbocycles. The van der Waals surface area contributed by atoms with Gasteiger partial charge in [-0.2, -0.15) is 26.3 Å². The highest BCUT2D eigenvalue weighted by atomic mass is 35.5. The van der Waals surface area contributed by atoms with Crippen molar-refractivity contribution in [3.63, 3.8) is 0 Å². The molecular formula is C27H22ClF6NO. The molecule has 0 aromatic heterocycles. The summed E-state index contributed by atoms with van der Waals surface area (Å²) in [5.74, 6) is -0.453. The largest absolute Gasteiger partial charge is 0.417 e. The third-order valence-electron chi connectivity index (χ3n) is 5.95. The highest BCUT2D eigenvalue weighted by molar-refractivity contribution is 5.98. The van der Waals surface area contributed by atoms with Crippen LogP contribution in [0, 0.1) is 0 Å². The smallest absolute Gasteiger partial charge is 0.293 e. The summed E-state index contributed by atoms with van der Waals surface area (Å²) in [5.41, 5.74) is -0.0237. The molecule has 36 heavy (non-hydrogen) atoms. The zero-order chi connectivity index (χ0) is 25.2. The summed E-state index contributed by atoms with van der Waals surface area (Å²) >= 11 is 0. The number of Topliss-reactive ketones (excluding diaryl/α,β-unsaturated/α-hetero) is 1. The van der Waals surface area contributed by atoms with Gasteiger partial charge in [0.15, 0.2) is 5.78 Å². The Hall–Kier alpha value is -3.10. The van der Waals surface area contributed by atoms with Crippen LogP contribution in [-0.2, 0) is 12.4 Å². The van der Waals surface area contributed by atoms with Gasteiger partial charge in [-0.15, -0.1) is 12.4 Å². The molecular weight excluding hydrogens is 504 g/mol. The van der Waals surface area contributed by atoms with E-state index in [0.29, 0.717) is 30.6 Å². The molecule has 0 atom stereocenters. The highest BCUT2D eigenvalue weighted by Crippen LogP contribution is 2.38. The molecule has 1 aliphatic rings. The molecule has 0 aliphatic carbocycles. The average molecular weight is 526 g/mol. The van der Waals surface area contributed by atoms with E-state index in [2.05, 4.69) is 0 Å². The second-order valence-electron chi connectivity index (χ2n) is 8.34. The first-order valence-corrected chi connectivity index (χ1v) is 10.9. The molecule has 190 valence electrons. The zero-order valence-corrected chi connectivity index (χ0v) is 19.7. The van der Waals surface area contributed by atoms with Crippen LogP contribution in [0.25, 0.3) is 16.7 Å². The number of benzene rings is 3. The molecule has 0 unspecified atom stereocenters. The van der Waals surface area contributed by atoms with E-state index in [1.807, 2.05) is 0 Å². The SMILES string of the molecule is Cl.O=C(CN1CC=C(c2cccc(C(F)(F)F)c2)CC1)c1ccc(-c2ccccc2)c(C(F)(F)F)c1. The number of nitrogens with zero attached hydrogens (tertiary/aromatic N) is 1. The Labute approximate surface area is 210 Å². The summed E-state index contributed by atoms with van der Waals surface area (Å²) in [6.45, 7) is 0.627. The Morgan fingerprint density at radius 1 is 0.806 bits per heavy atom. The van der Waals surface area contributed by atoms with Crippen LogP contribution < -0.4 is 0 Å². The lowest BCUT2D eigenvalue weighted by atomic mass is 9.95. The Balaban J connectivity index is 0.00000361. The fourth-order valence-electron chi connectivity index (χ4n) is 4.13. The van der Waals surface area contributed by atoms with Crippen LogP contribution in [0.3, 0.4) is 0 Å². The van der Waals surface area contributed by atoms with E-state index < -0.39 is 29.3 Å². The molecule has 0 saturated carbocycles. The first-order chi connectivity index (χ1) is 16.5. The summed E-state index contributed by atoms with van der Waals surface area (Å²) in [7, 11) is 0. The van der Waals surface area contributed by atoms with Gasteiger partial charge in [-0.05, 0) is 46.9 Å². The normalized spacial score (nSPS) is 14.7. The molecule has 0 saturated heterocycles. The van der Waals surface area contributed by atoms with Crippen LogP contribution in [0.1, 0.15) is 33.5 Å². The lowest BCUT2D eigenvalue weighted by Crippen LogP contribution is -2.33. The Morgan fingerprint density at radius 3 is 2.11 bits per heavy atom. The minimum Gasteiger partial charge on any atom is -0.293 e. The van der Waals surface area contributed by atoms with E-state index >= 15 is 0 Å². The second kappa shape index (κ2) is 10.9. The molecule has 1 aliphatic heterocycles. The van der Waals surface area contributed by atoms with Crippen LogP contribution in [0.5, 0.6) is 0 Å². The van der Waals surface area contributed by atoms with Crippen LogP contribution in [-0.4, -0.2) is 30.3 Å². The summed E-state index contributed by atoms with van der Waals surface area (Å²) in [6.07, 6.45) is -6.88. The van der Waals surface area contributed by atoms with Crippen LogP contribution in [0.4, 0.5) is 26.3 Å². The Kier molecular flexibility index (Phi) is 8.31. The lowest BCUT2D eigenvalue weighted by Gasteiger charge is -2.26. The minimum atomic E-state index is -4.63. The molecule has 1 heterocycles. The van der Waals surface area contributed by atoms with Crippen molar-refractivity contribution in [3.05, 3.63) is 101 Å². The number of halogens is 7. The van der Waals surface area contributed by atoms with Crippen molar-refractivity contribution >= 4 is 23.8 Å². The average Bonchev–Trinajstić information content (AvgIpc) is 2.84. The van der Waals surface area contributed by atoms with Gasteiger partial charge in [-0.3, -0.25) is 9.69 Å². The van der Waals surface area contributed by atoms with Crippen molar-refractivity contribution in [1.29, 1.82) is 0 Å². The second-order valence-corrected chi connectivity index (χ2v) is 8.34. The predicted molar refractivity (Wildman–Crippen MR) is 129 cm³/mol. The highest BCUT2D eigenvalue weighted by Gasteiger charge is 2.35. The third-order valence-corrected chi connectivity index (χ3v) is 5.95. The van der Waals surface area contributed by atoms with Crippen LogP contribution >= 0.6 is 12.4 Å². The Bertz CT molecular complexity index is 1250. The number of carbonyl (C=O) groups is 1. The van der Waals surface area contributed by atoms with E-state index in [1.165, 1.54) is 18.2 Å². The maximum absolute atomic E-state index is 13.7. The summed E-state index contributed by atoms with van der Waals surface area (Å²) in [4.78, 5) is 14.6. The van der Waals surface area contributed by atoms with E-state index in [9.17, 15) is 31.1 Å². The van der Waals surface area contributed by atoms with Gasteiger partial charge in [0.05, 0.1) is 17.7 Å². The maximum Gasteiger partial charge on any atom is 0.417 e. The monoisotopic (exact) mass is 525 g/mol. The fraction of sp³-hybridized carbons (Fsp3) is 0.222. The summed E-state index contributed by atoms with van der Waals surface area (Å²) in [5, 5.41) is 0. The minimum absolute atomic E-state index is 0. The molecule has 0 bridgehead atoms. The predicted octanol–water partition coefficient (Wildman–Crippen LogP) is 7.79. The maximum atomic E-state index is 13.7. The van der Waals surface area contributed by atoms with Crippen LogP contribution in [0.15, 0.2) is 78.9 Å². The van der Waals surface area contributed by atoms with Crippen molar-refractivity contribution in [1.82, 2.24) is 4.90 Å². The van der Waals surface area contributed by atoms with Crippen LogP contribution in [0.2, 0.25) is 0 Å². The van der Waals surface area contributed by atoms with Crippen molar-refractivity contribution in [2.45, 2.75) is 18.8 Å². The summed E-state index contributed by atoms with van der Waals surface area (Å²) in [6, 6.07) is 16.8. The van der Waals surface area contributed by atoms with Gasteiger partial charge in [0.2, 0.25) is 0 Å². The lowest BCUT2D eigenvalue weighted by molar-refractivity contribution is -0.138. The fourth-order valence-corrected chi connectivity index (χ4v) is 4.13. The number of rotatable bonds is 5. The Morgan fingerprint density at radius 2 is 1.50 bits per heavy atom. The zero-order valence-electron chi connectivity index (χ0n) is 18.9. The quantitative estimate of drug-likeness (QED) is 0.250. The van der Waals surface area contributed by atoms with E-state index in [1.54, 1.807) is 47.4 Å². The molecule has 2 nitrogen and oxygen atoms in total. The van der Waals surface area contributed by atoms with Crippen molar-refractivity contribution in [3.8, 4) is 11.1 Å². The third kappa shape index (κ3) is 6.36. The molecule has 3 aromatic rings. The van der Waals surface area contributed by atoms with Gasteiger partial charge in [0.1, 0.15) is 0 Å². The molecule has 0 fully saturated rings. The standard InChI is InChI=1S/C27H21F6NO.ClH/c28-26(29,30)22-8-4-7-20(15-22)18-11-13-34(14-12-18)17-25(35)21-9-10-23(19-5-2-1-3-6-19)24(16-21)27(31,32)33;/h1-11,15-16H,12-14,17H2;1H. The summed E-state index contributed by atoms with van der Waals surface area (Å²) < 4.78 is 80.2. The number of hydrogen-bond donors (Lipinski definition) is 0. The molecule has 4 rings (SSSR count). The molecule has 9 heteroatoms. The van der Waals surface area contributed by atoms with E-state index in [0.717, 1.165) is 23.8 Å². The van der Waals surface area contributed by atoms with Gasteiger partial charge >= 0.3 is 12.4 Å². The van der Waals surface area contributed by atoms with Gasteiger partial charge < -0.3 is 0 Å². The topological polar surface area (TPSA) is 20.3 Å². The number of carbonyl (C=O) groups excluding carboxylic acids is 1. The number of alkyl halides is 6. The van der Waals surface area contributed by atoms with Gasteiger partial charge in [0.25, 0.3) is 0 Å². The first kappa shape index (κ1) is 27.5. The van der Waals surface area contributed by atoms with Crippen molar-refractivity contribution in [2.75, 3.05) is 19.6 Å². The molecule has 0 amide bonds. The van der Waals surface area contributed by atoms with E-state index in [-0.39, 0.29) is 30.1 Å². The molecule has 0 spiro atoms.